The monoisotopic (exact) mass is 302 g/mol. The molecule has 2 N–H and O–H groups in total. The molecule has 0 saturated carbocycles. The second-order valence-electron chi connectivity index (χ2n) is 5.10. The van der Waals surface area contributed by atoms with Crippen LogP contribution in [0.4, 0.5) is 0 Å². The molecule has 6 nitrogen and oxygen atoms in total. The van der Waals surface area contributed by atoms with E-state index in [1.165, 1.54) is 24.3 Å². The van der Waals surface area contributed by atoms with Crippen molar-refractivity contribution in [1.29, 1.82) is 0 Å². The highest BCUT2D eigenvalue weighted by molar-refractivity contribution is 6.02. The van der Waals surface area contributed by atoms with Crippen LogP contribution in [0.2, 0.25) is 0 Å². The Labute approximate surface area is 126 Å². The molecule has 0 amide bonds. The van der Waals surface area contributed by atoms with Crippen LogP contribution in [-0.2, 0) is 19.2 Å². The number of hydrogen-bond donors (Lipinski definition) is 2. The summed E-state index contributed by atoms with van der Waals surface area (Å²) in [5.74, 6) is -2.62. The number of ketones is 2. The van der Waals surface area contributed by atoms with E-state index in [1.807, 2.05) is 0 Å². The second kappa shape index (κ2) is 6.34. The predicted octanol–water partition coefficient (Wildman–Crippen LogP) is 1.59. The Kier molecular flexibility index (Phi) is 4.50. The first-order valence-electron chi connectivity index (χ1n) is 6.71. The molecule has 0 saturated heterocycles. The summed E-state index contributed by atoms with van der Waals surface area (Å²) in [6.45, 7) is 0. The van der Waals surface area contributed by atoms with Crippen LogP contribution in [-0.4, -0.2) is 33.7 Å². The van der Waals surface area contributed by atoms with E-state index in [4.69, 9.17) is 10.2 Å². The number of hydrogen-bond acceptors (Lipinski definition) is 4. The quantitative estimate of drug-likeness (QED) is 0.798. The molecule has 0 radical (unpaired) electrons. The normalized spacial score (nSPS) is 18.2. The Bertz CT molecular complexity index is 627. The zero-order valence-electron chi connectivity index (χ0n) is 11.7. The first-order chi connectivity index (χ1) is 10.4. The van der Waals surface area contributed by atoms with Gasteiger partial charge in [-0.25, -0.2) is 9.59 Å². The topological polar surface area (TPSA) is 109 Å². The van der Waals surface area contributed by atoms with Gasteiger partial charge in [0.1, 0.15) is 0 Å². The minimum absolute atomic E-state index is 0.0115. The molecule has 0 aromatic rings. The molecule has 0 aromatic heterocycles. The van der Waals surface area contributed by atoms with Crippen LogP contribution < -0.4 is 0 Å². The number of aliphatic carboxylic acids is 2. The lowest BCUT2D eigenvalue weighted by molar-refractivity contribution is -0.133. The minimum atomic E-state index is -1.12. The summed E-state index contributed by atoms with van der Waals surface area (Å²) in [7, 11) is 0. The maximum atomic E-state index is 11.4. The maximum Gasteiger partial charge on any atom is 0.335 e. The van der Waals surface area contributed by atoms with Crippen molar-refractivity contribution in [3.8, 4) is 0 Å². The highest BCUT2D eigenvalue weighted by atomic mass is 16.4. The molecule has 0 aliphatic heterocycles. The zero-order chi connectivity index (χ0) is 16.3. The summed E-state index contributed by atoms with van der Waals surface area (Å²) in [4.78, 5) is 45.2. The smallest absolute Gasteiger partial charge is 0.335 e. The fourth-order valence-corrected chi connectivity index (χ4v) is 2.51. The first kappa shape index (κ1) is 15.6. The molecule has 0 atom stereocenters. The van der Waals surface area contributed by atoms with Crippen LogP contribution in [0.25, 0.3) is 0 Å². The minimum Gasteiger partial charge on any atom is -0.478 e. The Morgan fingerprint density at radius 2 is 1.14 bits per heavy atom. The van der Waals surface area contributed by atoms with Crippen LogP contribution in [0.5, 0.6) is 0 Å². The average Bonchev–Trinajstić information content (AvgIpc) is 2.44. The molecule has 0 fully saturated rings. The molecule has 0 bridgehead atoms. The molecule has 0 heterocycles. The molecule has 6 heteroatoms. The van der Waals surface area contributed by atoms with Gasteiger partial charge in [0.25, 0.3) is 0 Å². The van der Waals surface area contributed by atoms with E-state index in [-0.39, 0.29) is 48.4 Å². The number of carbonyl (C=O) groups excluding carboxylic acids is 2. The van der Waals surface area contributed by atoms with Crippen molar-refractivity contribution in [2.24, 2.45) is 0 Å². The van der Waals surface area contributed by atoms with E-state index in [1.54, 1.807) is 0 Å². The molecular formula is C16H14O6. The van der Waals surface area contributed by atoms with Crippen molar-refractivity contribution in [3.63, 3.8) is 0 Å². The lowest BCUT2D eigenvalue weighted by Crippen LogP contribution is -2.13. The van der Waals surface area contributed by atoms with Crippen molar-refractivity contribution in [3.05, 3.63) is 46.6 Å². The lowest BCUT2D eigenvalue weighted by atomic mass is 9.88. The van der Waals surface area contributed by atoms with Gasteiger partial charge in [-0.1, -0.05) is 0 Å². The number of carboxylic acids is 2. The molecule has 0 spiro atoms. The van der Waals surface area contributed by atoms with Gasteiger partial charge >= 0.3 is 11.9 Å². The fraction of sp³-hybridized carbons (Fsp3) is 0.250. The Morgan fingerprint density at radius 3 is 1.45 bits per heavy atom. The van der Waals surface area contributed by atoms with Gasteiger partial charge in [0.15, 0.2) is 11.6 Å². The third-order valence-electron chi connectivity index (χ3n) is 3.60. The van der Waals surface area contributed by atoms with E-state index in [9.17, 15) is 19.2 Å². The maximum absolute atomic E-state index is 11.4. The first-order valence-corrected chi connectivity index (χ1v) is 6.71. The Balaban J connectivity index is 2.23. The van der Waals surface area contributed by atoms with Gasteiger partial charge in [0, 0.05) is 12.8 Å². The Hall–Kier alpha value is -2.76. The van der Waals surface area contributed by atoms with Crippen molar-refractivity contribution in [2.45, 2.75) is 25.7 Å². The number of rotatable bonds is 5. The van der Waals surface area contributed by atoms with Crippen LogP contribution in [0.3, 0.4) is 0 Å². The van der Waals surface area contributed by atoms with Crippen molar-refractivity contribution >= 4 is 23.5 Å². The highest BCUT2D eigenvalue weighted by Crippen LogP contribution is 2.28. The van der Waals surface area contributed by atoms with Gasteiger partial charge in [0.2, 0.25) is 0 Å². The summed E-state index contributed by atoms with van der Waals surface area (Å²) in [6, 6.07) is 0. The lowest BCUT2D eigenvalue weighted by Gasteiger charge is -2.16. The van der Waals surface area contributed by atoms with E-state index < -0.39 is 11.9 Å². The SMILES string of the molecule is O=C1C=CC(C(=O)O)=C(CCC2=C(C(=O)O)C=CC(=O)C2)C1. The number of allylic oxidation sites excluding steroid dienone is 4. The third kappa shape index (κ3) is 3.46. The number of carboxylic acid groups (broad SMARTS) is 2. The second-order valence-corrected chi connectivity index (χ2v) is 5.10. The molecule has 114 valence electrons. The van der Waals surface area contributed by atoms with E-state index >= 15 is 0 Å². The van der Waals surface area contributed by atoms with Gasteiger partial charge in [-0.05, 0) is 48.3 Å². The van der Waals surface area contributed by atoms with Crippen molar-refractivity contribution in [1.82, 2.24) is 0 Å². The van der Waals surface area contributed by atoms with Gasteiger partial charge < -0.3 is 10.2 Å². The van der Waals surface area contributed by atoms with Gasteiger partial charge in [-0.15, -0.1) is 0 Å². The average molecular weight is 302 g/mol. The van der Waals surface area contributed by atoms with Crippen LogP contribution in [0.15, 0.2) is 46.6 Å². The van der Waals surface area contributed by atoms with Gasteiger partial charge in [-0.3, -0.25) is 9.59 Å². The summed E-state index contributed by atoms with van der Waals surface area (Å²) in [6.07, 6.45) is 5.48. The largest absolute Gasteiger partial charge is 0.478 e. The van der Waals surface area contributed by atoms with E-state index in [0.29, 0.717) is 11.1 Å². The van der Waals surface area contributed by atoms with Gasteiger partial charge in [-0.2, -0.15) is 0 Å². The molecule has 22 heavy (non-hydrogen) atoms. The van der Waals surface area contributed by atoms with E-state index in [0.717, 1.165) is 0 Å². The van der Waals surface area contributed by atoms with Gasteiger partial charge in [0.05, 0.1) is 11.1 Å². The molecule has 2 aliphatic carbocycles. The molecular weight excluding hydrogens is 288 g/mol. The Morgan fingerprint density at radius 1 is 0.773 bits per heavy atom. The zero-order valence-corrected chi connectivity index (χ0v) is 11.7. The third-order valence-corrected chi connectivity index (χ3v) is 3.60. The fourth-order valence-electron chi connectivity index (χ4n) is 2.51. The number of carbonyl (C=O) groups is 4. The van der Waals surface area contributed by atoms with Crippen molar-refractivity contribution in [2.75, 3.05) is 0 Å². The molecule has 0 unspecified atom stereocenters. The highest BCUT2D eigenvalue weighted by Gasteiger charge is 2.22. The summed E-state index contributed by atoms with van der Waals surface area (Å²) in [5.41, 5.74) is 1.04. The van der Waals surface area contributed by atoms with E-state index in [2.05, 4.69) is 0 Å². The van der Waals surface area contributed by atoms with Crippen LogP contribution >= 0.6 is 0 Å². The predicted molar refractivity (Wildman–Crippen MR) is 76.1 cm³/mol. The van der Waals surface area contributed by atoms with Crippen LogP contribution in [0, 0.1) is 0 Å². The van der Waals surface area contributed by atoms with Crippen LogP contribution in [0.1, 0.15) is 25.7 Å². The molecule has 2 rings (SSSR count). The molecule has 0 aromatic carbocycles. The summed E-state index contributed by atoms with van der Waals surface area (Å²) in [5, 5.41) is 18.2. The van der Waals surface area contributed by atoms with Crippen molar-refractivity contribution < 1.29 is 29.4 Å². The summed E-state index contributed by atoms with van der Waals surface area (Å²) >= 11 is 0. The standard InChI is InChI=1S/C16H14O6/c17-11-3-5-13(15(19)20)9(7-11)1-2-10-8-12(18)4-6-14(10)16(21)22/h3-6H,1-2,7-8H2,(H,19,20)(H,21,22). The summed E-state index contributed by atoms with van der Waals surface area (Å²) < 4.78 is 0. The molecule has 2 aliphatic rings.